The van der Waals surface area contributed by atoms with Gasteiger partial charge < -0.3 is 14.6 Å². The van der Waals surface area contributed by atoms with E-state index < -0.39 is 0 Å². The lowest BCUT2D eigenvalue weighted by Gasteiger charge is -2.21. The summed E-state index contributed by atoms with van der Waals surface area (Å²) in [6, 6.07) is 8.73. The number of benzene rings is 1. The fraction of sp³-hybridized carbons (Fsp3) is 0.438. The van der Waals surface area contributed by atoms with E-state index in [1.54, 1.807) is 13.4 Å². The standard InChI is InChI=1S/C16H20ClN3O/c1-3-20-10-19-16(17)14(20)9-18-13-8-11-6-4-5-7-12(11)15(13)21-2/h4-7,10,13,15,18H,3,8-9H2,1-2H3/t13-,15+/m1/s1. The first-order valence-corrected chi connectivity index (χ1v) is 7.65. The summed E-state index contributed by atoms with van der Waals surface area (Å²) in [6.07, 6.45) is 2.86. The van der Waals surface area contributed by atoms with Crippen molar-refractivity contribution in [1.82, 2.24) is 14.9 Å². The first kappa shape index (κ1) is 14.6. The minimum atomic E-state index is 0.0953. The van der Waals surface area contributed by atoms with Gasteiger partial charge in [0, 0.05) is 26.2 Å². The molecule has 1 aliphatic carbocycles. The zero-order valence-corrected chi connectivity index (χ0v) is 13.1. The van der Waals surface area contributed by atoms with Gasteiger partial charge in [-0.1, -0.05) is 35.9 Å². The van der Waals surface area contributed by atoms with Gasteiger partial charge in [0.05, 0.1) is 18.1 Å². The van der Waals surface area contributed by atoms with Crippen LogP contribution in [0.2, 0.25) is 5.15 Å². The number of halogens is 1. The summed E-state index contributed by atoms with van der Waals surface area (Å²) in [5.41, 5.74) is 3.68. The van der Waals surface area contributed by atoms with Crippen LogP contribution in [0.1, 0.15) is 29.8 Å². The smallest absolute Gasteiger partial charge is 0.151 e. The molecule has 1 aromatic heterocycles. The number of hydrogen-bond acceptors (Lipinski definition) is 3. The Labute approximate surface area is 130 Å². The van der Waals surface area contributed by atoms with Crippen LogP contribution in [0.15, 0.2) is 30.6 Å². The van der Waals surface area contributed by atoms with Crippen LogP contribution in [0.25, 0.3) is 0 Å². The third-order valence-corrected chi connectivity index (χ3v) is 4.50. The molecule has 0 unspecified atom stereocenters. The van der Waals surface area contributed by atoms with E-state index in [1.807, 2.05) is 0 Å². The highest BCUT2D eigenvalue weighted by Crippen LogP contribution is 2.33. The number of nitrogens with one attached hydrogen (secondary N) is 1. The molecule has 1 N–H and O–H groups in total. The predicted octanol–water partition coefficient (Wildman–Crippen LogP) is 2.96. The molecule has 21 heavy (non-hydrogen) atoms. The molecule has 0 bridgehead atoms. The maximum atomic E-state index is 6.17. The Kier molecular flexibility index (Phi) is 4.29. The SMILES string of the molecule is CCn1cnc(Cl)c1CN[C@@H]1Cc2ccccc2[C@@H]1OC. The second-order valence-electron chi connectivity index (χ2n) is 5.31. The van der Waals surface area contributed by atoms with E-state index in [1.165, 1.54) is 11.1 Å². The maximum Gasteiger partial charge on any atom is 0.151 e. The zero-order chi connectivity index (χ0) is 14.8. The molecule has 0 spiro atoms. The van der Waals surface area contributed by atoms with Crippen LogP contribution in [0.3, 0.4) is 0 Å². The van der Waals surface area contributed by atoms with Gasteiger partial charge in [-0.2, -0.15) is 0 Å². The first-order valence-electron chi connectivity index (χ1n) is 7.28. The average molecular weight is 306 g/mol. The topological polar surface area (TPSA) is 39.1 Å². The van der Waals surface area contributed by atoms with Gasteiger partial charge in [-0.3, -0.25) is 0 Å². The number of fused-ring (bicyclic) bond motifs is 1. The minimum absolute atomic E-state index is 0.0953. The monoisotopic (exact) mass is 305 g/mol. The molecule has 0 amide bonds. The molecule has 1 aliphatic rings. The Morgan fingerprint density at radius 3 is 3.00 bits per heavy atom. The molecular weight excluding hydrogens is 286 g/mol. The van der Waals surface area contributed by atoms with Gasteiger partial charge in [0.1, 0.15) is 0 Å². The van der Waals surface area contributed by atoms with Gasteiger partial charge in [-0.05, 0) is 24.5 Å². The predicted molar refractivity (Wildman–Crippen MR) is 83.4 cm³/mol. The summed E-state index contributed by atoms with van der Waals surface area (Å²) >= 11 is 6.17. The summed E-state index contributed by atoms with van der Waals surface area (Å²) in [5, 5.41) is 4.15. The molecule has 0 saturated carbocycles. The molecule has 1 aromatic carbocycles. The van der Waals surface area contributed by atoms with Gasteiger partial charge in [0.2, 0.25) is 0 Å². The normalized spacial score (nSPS) is 20.7. The van der Waals surface area contributed by atoms with E-state index in [4.69, 9.17) is 16.3 Å². The Balaban J connectivity index is 1.73. The van der Waals surface area contributed by atoms with Crippen molar-refractivity contribution in [3.8, 4) is 0 Å². The zero-order valence-electron chi connectivity index (χ0n) is 12.3. The summed E-state index contributed by atoms with van der Waals surface area (Å²) in [7, 11) is 1.77. The van der Waals surface area contributed by atoms with Crippen molar-refractivity contribution in [3.63, 3.8) is 0 Å². The van der Waals surface area contributed by atoms with Crippen LogP contribution >= 0.6 is 11.6 Å². The molecule has 0 radical (unpaired) electrons. The lowest BCUT2D eigenvalue weighted by molar-refractivity contribution is 0.0775. The number of methoxy groups -OCH3 is 1. The summed E-state index contributed by atoms with van der Waals surface area (Å²) < 4.78 is 7.76. The Morgan fingerprint density at radius 2 is 2.24 bits per heavy atom. The number of rotatable bonds is 5. The number of aryl methyl sites for hydroxylation is 1. The van der Waals surface area contributed by atoms with Gasteiger partial charge >= 0.3 is 0 Å². The van der Waals surface area contributed by atoms with Crippen molar-refractivity contribution in [3.05, 3.63) is 52.6 Å². The van der Waals surface area contributed by atoms with Crippen LogP contribution in [-0.4, -0.2) is 22.7 Å². The van der Waals surface area contributed by atoms with Gasteiger partial charge in [-0.25, -0.2) is 4.98 Å². The maximum absolute atomic E-state index is 6.17. The van der Waals surface area contributed by atoms with Crippen LogP contribution in [0.5, 0.6) is 0 Å². The second-order valence-corrected chi connectivity index (χ2v) is 5.67. The van der Waals surface area contributed by atoms with E-state index in [0.717, 1.165) is 18.7 Å². The van der Waals surface area contributed by atoms with Crippen molar-refractivity contribution >= 4 is 11.6 Å². The molecular formula is C16H20ClN3O. The fourth-order valence-electron chi connectivity index (χ4n) is 3.09. The quantitative estimate of drug-likeness (QED) is 0.923. The molecule has 2 atom stereocenters. The summed E-state index contributed by atoms with van der Waals surface area (Å²) in [6.45, 7) is 3.66. The van der Waals surface area contributed by atoms with Gasteiger partial charge in [0.25, 0.3) is 0 Å². The molecule has 0 fully saturated rings. The van der Waals surface area contributed by atoms with Crippen LogP contribution in [0.4, 0.5) is 0 Å². The number of nitrogens with zero attached hydrogens (tertiary/aromatic N) is 2. The number of imidazole rings is 1. The highest BCUT2D eigenvalue weighted by atomic mass is 35.5. The Morgan fingerprint density at radius 1 is 1.43 bits per heavy atom. The average Bonchev–Trinajstić information content (AvgIpc) is 3.04. The van der Waals surface area contributed by atoms with Crippen molar-refractivity contribution in [2.45, 2.75) is 38.6 Å². The molecule has 5 heteroatoms. The van der Waals surface area contributed by atoms with Crippen molar-refractivity contribution in [2.24, 2.45) is 0 Å². The van der Waals surface area contributed by atoms with E-state index >= 15 is 0 Å². The molecule has 112 valence electrons. The first-order chi connectivity index (χ1) is 10.2. The number of aromatic nitrogens is 2. The van der Waals surface area contributed by atoms with Crippen molar-refractivity contribution in [2.75, 3.05) is 7.11 Å². The molecule has 0 saturated heterocycles. The van der Waals surface area contributed by atoms with E-state index in [-0.39, 0.29) is 12.1 Å². The van der Waals surface area contributed by atoms with Gasteiger partial charge in [0.15, 0.2) is 5.15 Å². The third-order valence-electron chi connectivity index (χ3n) is 4.19. The highest BCUT2D eigenvalue weighted by molar-refractivity contribution is 6.30. The lowest BCUT2D eigenvalue weighted by Crippen LogP contribution is -2.33. The highest BCUT2D eigenvalue weighted by Gasteiger charge is 2.32. The third kappa shape index (κ3) is 2.71. The summed E-state index contributed by atoms with van der Waals surface area (Å²) in [4.78, 5) is 4.17. The van der Waals surface area contributed by atoms with E-state index in [9.17, 15) is 0 Å². The molecule has 1 heterocycles. The Hall–Kier alpha value is -1.36. The van der Waals surface area contributed by atoms with E-state index in [2.05, 4.69) is 46.1 Å². The van der Waals surface area contributed by atoms with Crippen LogP contribution in [-0.2, 0) is 24.2 Å². The number of hydrogen-bond donors (Lipinski definition) is 1. The number of ether oxygens (including phenoxy) is 1. The largest absolute Gasteiger partial charge is 0.375 e. The molecule has 2 aromatic rings. The van der Waals surface area contributed by atoms with Crippen LogP contribution < -0.4 is 5.32 Å². The Bertz CT molecular complexity index is 626. The molecule has 3 rings (SSSR count). The minimum Gasteiger partial charge on any atom is -0.375 e. The van der Waals surface area contributed by atoms with Crippen molar-refractivity contribution in [1.29, 1.82) is 0 Å². The van der Waals surface area contributed by atoms with Crippen LogP contribution in [0, 0.1) is 0 Å². The van der Waals surface area contributed by atoms with E-state index in [0.29, 0.717) is 11.7 Å². The molecule has 4 nitrogen and oxygen atoms in total. The summed E-state index contributed by atoms with van der Waals surface area (Å²) in [5.74, 6) is 0. The fourth-order valence-corrected chi connectivity index (χ4v) is 3.31. The lowest BCUT2D eigenvalue weighted by atomic mass is 10.1. The second kappa shape index (κ2) is 6.18. The van der Waals surface area contributed by atoms with Crippen molar-refractivity contribution < 1.29 is 4.74 Å². The molecule has 0 aliphatic heterocycles. The van der Waals surface area contributed by atoms with Gasteiger partial charge in [-0.15, -0.1) is 0 Å².